The van der Waals surface area contributed by atoms with Gasteiger partial charge in [0.2, 0.25) is 11.8 Å². The van der Waals surface area contributed by atoms with Gasteiger partial charge in [-0.1, -0.05) is 37.3 Å². The molecule has 4 aliphatic rings. The Balaban J connectivity index is 1.43. The lowest BCUT2D eigenvalue weighted by molar-refractivity contribution is -0.150. The molecule has 0 unspecified atom stereocenters. The highest BCUT2D eigenvalue weighted by Crippen LogP contribution is 2.60. The predicted molar refractivity (Wildman–Crippen MR) is 166 cm³/mol. The monoisotopic (exact) mass is 605 g/mol. The van der Waals surface area contributed by atoms with E-state index in [0.717, 1.165) is 42.6 Å². The molecule has 3 amide bonds. The van der Waals surface area contributed by atoms with Gasteiger partial charge in [-0.15, -0.1) is 0 Å². The number of likely N-dealkylation sites (tertiary alicyclic amines) is 1. The van der Waals surface area contributed by atoms with Gasteiger partial charge in [0.25, 0.3) is 5.91 Å². The van der Waals surface area contributed by atoms with Gasteiger partial charge in [-0.25, -0.2) is 0 Å². The molecule has 3 fully saturated rings. The predicted octanol–water partition coefficient (Wildman–Crippen LogP) is 3.92. The summed E-state index contributed by atoms with van der Waals surface area (Å²) in [5, 5.41) is 9.85. The molecule has 230 valence electrons. The van der Waals surface area contributed by atoms with Gasteiger partial charge in [-0.3, -0.25) is 14.4 Å². The average molecular weight is 606 g/mol. The Labute approximate surface area is 254 Å². The van der Waals surface area contributed by atoms with Gasteiger partial charge in [-0.2, -0.15) is 0 Å². The maximum atomic E-state index is 14.7. The molecule has 6 rings (SSSR count). The summed E-state index contributed by atoms with van der Waals surface area (Å²) in [7, 11) is -2.96. The van der Waals surface area contributed by atoms with Crippen LogP contribution in [0.4, 0.5) is 11.4 Å². The number of hydrogen-bond acceptors (Lipinski definition) is 6. The van der Waals surface area contributed by atoms with Gasteiger partial charge >= 0.3 is 0 Å². The fourth-order valence-electron chi connectivity index (χ4n) is 8.08. The lowest BCUT2D eigenvalue weighted by atomic mass is 9.82. The molecule has 2 aromatic rings. The van der Waals surface area contributed by atoms with Crippen LogP contribution < -0.4 is 9.80 Å². The van der Waals surface area contributed by atoms with Gasteiger partial charge < -0.3 is 29.3 Å². The molecular formula is C33H43N3O6Si. The molecule has 1 spiro atoms. The molecule has 4 aliphatic heterocycles. The summed E-state index contributed by atoms with van der Waals surface area (Å²) in [6.45, 7) is 7.16. The Bertz CT molecular complexity index is 1400. The normalized spacial score (nSPS) is 29.2. The van der Waals surface area contributed by atoms with E-state index in [2.05, 4.69) is 0 Å². The Morgan fingerprint density at radius 1 is 1.07 bits per heavy atom. The summed E-state index contributed by atoms with van der Waals surface area (Å²) in [6, 6.07) is 15.4. The van der Waals surface area contributed by atoms with Crippen molar-refractivity contribution in [1.82, 2.24) is 4.90 Å². The van der Waals surface area contributed by atoms with Crippen LogP contribution in [0.5, 0.6) is 0 Å². The number of rotatable bonds is 7. The smallest absolute Gasteiger partial charge is 0.264 e. The van der Waals surface area contributed by atoms with Crippen LogP contribution in [0.25, 0.3) is 0 Å². The van der Waals surface area contributed by atoms with Crippen molar-refractivity contribution in [3.63, 3.8) is 0 Å². The first-order chi connectivity index (χ1) is 20.6. The minimum Gasteiger partial charge on any atom is -0.432 e. The van der Waals surface area contributed by atoms with Gasteiger partial charge in [0, 0.05) is 42.2 Å². The number of carbonyl (C=O) groups is 3. The third-order valence-corrected chi connectivity index (χ3v) is 12.6. The van der Waals surface area contributed by atoms with E-state index >= 15 is 0 Å². The number of anilines is 2. The SMILES string of the molecule is C[C@@H]1[C@@H]([Si](C)(C)O)[C@H](CC(=O)N2CCC[C@H]2CO)O[C@@]12C(=O)N(Cc1ccccc1)c1ccc(N3CCCCC3=O)cc12. The Morgan fingerprint density at radius 3 is 2.53 bits per heavy atom. The summed E-state index contributed by atoms with van der Waals surface area (Å²) in [6.07, 6.45) is 3.26. The highest BCUT2D eigenvalue weighted by atomic mass is 28.4. The van der Waals surface area contributed by atoms with Crippen molar-refractivity contribution >= 4 is 37.4 Å². The van der Waals surface area contributed by atoms with Crippen LogP contribution in [0.1, 0.15) is 56.6 Å². The standard InChI is InChI=1S/C33H43N3O6Si/c1-22-31(43(2,3)41)28(19-30(39)35-17-9-12-25(35)21-37)42-33(22)26-18-24(34-16-8-7-13-29(34)38)14-15-27(26)36(32(33)40)20-23-10-5-4-6-11-23/h4-6,10-11,14-15,18,22,25,28,31,37,41H,7-9,12-13,16-17,19-21H2,1-3H3/t22-,25+,28+,31-,33+/m1/s1. The maximum Gasteiger partial charge on any atom is 0.264 e. The molecule has 0 aliphatic carbocycles. The molecule has 3 saturated heterocycles. The summed E-state index contributed by atoms with van der Waals surface area (Å²) in [4.78, 5) is 58.2. The number of amides is 3. The van der Waals surface area contributed by atoms with Crippen LogP contribution in [0.15, 0.2) is 48.5 Å². The Morgan fingerprint density at radius 2 is 1.84 bits per heavy atom. The molecule has 2 aromatic carbocycles. The third-order valence-electron chi connectivity index (χ3n) is 10.1. The van der Waals surface area contributed by atoms with E-state index in [9.17, 15) is 24.3 Å². The van der Waals surface area contributed by atoms with E-state index in [-0.39, 0.29) is 42.3 Å². The van der Waals surface area contributed by atoms with Gasteiger partial charge in [0.1, 0.15) is 0 Å². The molecule has 9 nitrogen and oxygen atoms in total. The second-order valence-corrected chi connectivity index (χ2v) is 17.2. The van der Waals surface area contributed by atoms with Crippen LogP contribution in [0.3, 0.4) is 0 Å². The van der Waals surface area contributed by atoms with E-state index < -0.39 is 25.9 Å². The third kappa shape index (κ3) is 5.12. The van der Waals surface area contributed by atoms with Crippen LogP contribution in [-0.4, -0.2) is 72.7 Å². The highest BCUT2D eigenvalue weighted by molar-refractivity contribution is 6.71. The summed E-state index contributed by atoms with van der Waals surface area (Å²) in [5.41, 5.74) is 1.36. The Kier molecular flexibility index (Phi) is 8.00. The molecule has 2 N–H and O–H groups in total. The first-order valence-corrected chi connectivity index (χ1v) is 18.7. The summed E-state index contributed by atoms with van der Waals surface area (Å²) < 4.78 is 6.91. The largest absolute Gasteiger partial charge is 0.432 e. The van der Waals surface area contributed by atoms with Gasteiger partial charge in [0.15, 0.2) is 13.9 Å². The van der Waals surface area contributed by atoms with Crippen molar-refractivity contribution in [3.8, 4) is 0 Å². The highest BCUT2D eigenvalue weighted by Gasteiger charge is 2.66. The number of ether oxygens (including phenoxy) is 1. The van der Waals surface area contributed by atoms with Gasteiger partial charge in [-0.05, 0) is 62.5 Å². The van der Waals surface area contributed by atoms with Crippen LogP contribution in [-0.2, 0) is 31.3 Å². The zero-order valence-corrected chi connectivity index (χ0v) is 26.4. The molecule has 43 heavy (non-hydrogen) atoms. The van der Waals surface area contributed by atoms with Crippen molar-refractivity contribution in [2.75, 3.05) is 29.5 Å². The zero-order valence-electron chi connectivity index (χ0n) is 25.4. The molecule has 0 bridgehead atoms. The van der Waals surface area contributed by atoms with E-state index in [1.807, 2.05) is 68.5 Å². The minimum atomic E-state index is -2.96. The number of aliphatic hydroxyl groups excluding tert-OH is 1. The lowest BCUT2D eigenvalue weighted by Crippen LogP contribution is -2.46. The molecule has 10 heteroatoms. The number of hydrogen-bond donors (Lipinski definition) is 2. The summed E-state index contributed by atoms with van der Waals surface area (Å²) >= 11 is 0. The van der Waals surface area contributed by atoms with Crippen LogP contribution in [0.2, 0.25) is 18.6 Å². The van der Waals surface area contributed by atoms with Crippen LogP contribution >= 0.6 is 0 Å². The van der Waals surface area contributed by atoms with E-state index in [1.165, 1.54) is 0 Å². The van der Waals surface area contributed by atoms with E-state index in [0.29, 0.717) is 31.6 Å². The topological polar surface area (TPSA) is 111 Å². The van der Waals surface area contributed by atoms with Crippen molar-refractivity contribution in [2.45, 2.75) is 88.4 Å². The second-order valence-electron chi connectivity index (χ2n) is 13.2. The fourth-order valence-corrected chi connectivity index (χ4v) is 10.6. The van der Waals surface area contributed by atoms with Crippen molar-refractivity contribution in [2.24, 2.45) is 5.92 Å². The minimum absolute atomic E-state index is 0.0375. The molecule has 0 saturated carbocycles. The quantitative estimate of drug-likeness (QED) is 0.463. The van der Waals surface area contributed by atoms with Crippen LogP contribution in [0, 0.1) is 5.92 Å². The van der Waals surface area contributed by atoms with Crippen molar-refractivity contribution < 1.29 is 29.0 Å². The van der Waals surface area contributed by atoms with Crippen molar-refractivity contribution in [3.05, 3.63) is 59.7 Å². The molecule has 4 heterocycles. The molecule has 0 aromatic heterocycles. The molecule has 5 atom stereocenters. The molecular weight excluding hydrogens is 562 g/mol. The number of aliphatic hydroxyl groups is 1. The lowest BCUT2D eigenvalue weighted by Gasteiger charge is -2.33. The summed E-state index contributed by atoms with van der Waals surface area (Å²) in [5.74, 6) is -0.661. The van der Waals surface area contributed by atoms with E-state index in [1.54, 1.807) is 14.7 Å². The first kappa shape index (κ1) is 30.0. The number of nitrogens with zero attached hydrogens (tertiary/aromatic N) is 3. The number of piperidine rings is 1. The maximum absolute atomic E-state index is 14.7. The first-order valence-electron chi connectivity index (χ1n) is 15.7. The molecule has 0 radical (unpaired) electrons. The number of fused-ring (bicyclic) bond motifs is 2. The number of carbonyl (C=O) groups excluding carboxylic acids is 3. The zero-order chi connectivity index (χ0) is 30.5. The fraction of sp³-hybridized carbons (Fsp3) is 0.545. The second kappa shape index (κ2) is 11.5. The van der Waals surface area contributed by atoms with Gasteiger partial charge in [0.05, 0.1) is 37.4 Å². The van der Waals surface area contributed by atoms with Crippen molar-refractivity contribution in [1.29, 1.82) is 0 Å². The van der Waals surface area contributed by atoms with E-state index in [4.69, 9.17) is 4.74 Å². The average Bonchev–Trinajstić information content (AvgIpc) is 3.64. The Hall–Kier alpha value is -3.05. The number of benzene rings is 2.